The lowest BCUT2D eigenvalue weighted by atomic mass is 9.93. The standard InChI is InChI=1S/C31H33ClN4O4/c1-21-27(30(33)37)10-11-29-28(21)20-36(34-29)17-19-39-18-14-22-12-15-35(16-13-22)31(38)23-2-6-25(7-3-23)40-26-8-4-24(32)5-9-26/h2-11,20,22H,12-19H2,1H3,(H2,33,37). The molecular weight excluding hydrogens is 528 g/mol. The van der Waals surface area contributed by atoms with E-state index in [0.29, 0.717) is 53.3 Å². The molecule has 0 bridgehead atoms. The van der Waals surface area contributed by atoms with Gasteiger partial charge in [-0.05, 0) is 98.3 Å². The number of aromatic nitrogens is 2. The monoisotopic (exact) mass is 560 g/mol. The van der Waals surface area contributed by atoms with Crippen LogP contribution >= 0.6 is 11.6 Å². The maximum atomic E-state index is 13.0. The molecule has 0 atom stereocenters. The van der Waals surface area contributed by atoms with E-state index in [1.807, 2.05) is 65.2 Å². The fourth-order valence-electron chi connectivity index (χ4n) is 5.08. The lowest BCUT2D eigenvalue weighted by molar-refractivity contribution is 0.0645. The van der Waals surface area contributed by atoms with Crippen molar-refractivity contribution in [1.29, 1.82) is 0 Å². The highest BCUT2D eigenvalue weighted by Crippen LogP contribution is 2.26. The number of hydrogen-bond donors (Lipinski definition) is 1. The molecule has 1 aliphatic rings. The van der Waals surface area contributed by atoms with Crippen molar-refractivity contribution in [2.75, 3.05) is 26.3 Å². The van der Waals surface area contributed by atoms with E-state index in [-0.39, 0.29) is 5.91 Å². The lowest BCUT2D eigenvalue weighted by Crippen LogP contribution is -2.38. The van der Waals surface area contributed by atoms with Crippen molar-refractivity contribution in [3.05, 3.63) is 88.6 Å². The summed E-state index contributed by atoms with van der Waals surface area (Å²) in [7, 11) is 0. The van der Waals surface area contributed by atoms with Gasteiger partial charge in [-0.2, -0.15) is 5.10 Å². The zero-order valence-corrected chi connectivity index (χ0v) is 23.3. The summed E-state index contributed by atoms with van der Waals surface area (Å²) in [6.45, 7) is 5.26. The minimum absolute atomic E-state index is 0.0533. The van der Waals surface area contributed by atoms with E-state index >= 15 is 0 Å². The van der Waals surface area contributed by atoms with Gasteiger partial charge in [-0.3, -0.25) is 14.3 Å². The predicted octanol–water partition coefficient (Wildman–Crippen LogP) is 5.85. The minimum atomic E-state index is -0.430. The Labute approximate surface area is 238 Å². The second-order valence-corrected chi connectivity index (χ2v) is 10.6. The van der Waals surface area contributed by atoms with Gasteiger partial charge in [-0.1, -0.05) is 11.6 Å². The zero-order valence-electron chi connectivity index (χ0n) is 22.5. The van der Waals surface area contributed by atoms with E-state index < -0.39 is 5.91 Å². The molecule has 1 aliphatic heterocycles. The third kappa shape index (κ3) is 6.63. The van der Waals surface area contributed by atoms with Gasteiger partial charge in [0.15, 0.2) is 0 Å². The number of carbonyl (C=O) groups excluding carboxylic acids is 2. The highest BCUT2D eigenvalue weighted by atomic mass is 35.5. The van der Waals surface area contributed by atoms with Gasteiger partial charge in [0.25, 0.3) is 5.91 Å². The second-order valence-electron chi connectivity index (χ2n) is 10.1. The molecule has 8 nitrogen and oxygen atoms in total. The van der Waals surface area contributed by atoms with Crippen molar-refractivity contribution in [3.8, 4) is 11.5 Å². The van der Waals surface area contributed by atoms with E-state index in [4.69, 9.17) is 26.8 Å². The summed E-state index contributed by atoms with van der Waals surface area (Å²) in [5, 5.41) is 6.16. The Hall–Kier alpha value is -3.88. The Morgan fingerprint density at radius 1 is 0.975 bits per heavy atom. The third-order valence-corrected chi connectivity index (χ3v) is 7.71. The van der Waals surface area contributed by atoms with Crippen molar-refractivity contribution in [2.24, 2.45) is 11.7 Å². The Kier molecular flexibility index (Phi) is 8.67. The molecule has 4 aromatic rings. The van der Waals surface area contributed by atoms with Crippen LogP contribution in [0, 0.1) is 12.8 Å². The van der Waals surface area contributed by atoms with Crippen LogP contribution in [0.1, 0.15) is 45.5 Å². The number of carbonyl (C=O) groups is 2. The smallest absolute Gasteiger partial charge is 0.253 e. The Balaban J connectivity index is 1.02. The first kappa shape index (κ1) is 27.7. The van der Waals surface area contributed by atoms with Crippen molar-refractivity contribution >= 4 is 34.3 Å². The normalized spacial score (nSPS) is 14.0. The average molecular weight is 561 g/mol. The number of rotatable bonds is 10. The number of hydrogen-bond acceptors (Lipinski definition) is 5. The first-order valence-corrected chi connectivity index (χ1v) is 13.9. The molecule has 0 radical (unpaired) electrons. The van der Waals surface area contributed by atoms with Crippen molar-refractivity contribution in [3.63, 3.8) is 0 Å². The van der Waals surface area contributed by atoms with Gasteiger partial charge in [-0.25, -0.2) is 0 Å². The van der Waals surface area contributed by atoms with E-state index in [2.05, 4.69) is 5.10 Å². The van der Waals surface area contributed by atoms with Crippen LogP contribution in [0.4, 0.5) is 0 Å². The Bertz CT molecular complexity index is 1480. The number of nitrogens with two attached hydrogens (primary N) is 1. The minimum Gasteiger partial charge on any atom is -0.457 e. The van der Waals surface area contributed by atoms with Crippen LogP contribution in [-0.2, 0) is 11.3 Å². The van der Waals surface area contributed by atoms with Crippen LogP contribution in [-0.4, -0.2) is 52.8 Å². The van der Waals surface area contributed by atoms with Crippen LogP contribution in [0.15, 0.2) is 66.9 Å². The summed E-state index contributed by atoms with van der Waals surface area (Å²) in [6, 6.07) is 18.0. The SMILES string of the molecule is Cc1c(C(N)=O)ccc2nn(CCOCCC3CCN(C(=O)c4ccc(Oc5ccc(Cl)cc5)cc4)CC3)cc12. The summed E-state index contributed by atoms with van der Waals surface area (Å²) in [5.41, 5.74) is 8.33. The second kappa shape index (κ2) is 12.5. The molecule has 40 heavy (non-hydrogen) atoms. The molecule has 5 rings (SSSR count). The molecule has 9 heteroatoms. The van der Waals surface area contributed by atoms with Crippen LogP contribution in [0.5, 0.6) is 11.5 Å². The quantitative estimate of drug-likeness (QED) is 0.245. The summed E-state index contributed by atoms with van der Waals surface area (Å²) in [4.78, 5) is 26.5. The third-order valence-electron chi connectivity index (χ3n) is 7.46. The molecule has 0 spiro atoms. The van der Waals surface area contributed by atoms with Gasteiger partial charge >= 0.3 is 0 Å². The number of ether oxygens (including phenoxy) is 2. The molecule has 1 fully saturated rings. The molecule has 2 heterocycles. The van der Waals surface area contributed by atoms with Crippen molar-refractivity contribution < 1.29 is 19.1 Å². The molecule has 208 valence electrons. The fraction of sp³-hybridized carbons (Fsp3) is 0.323. The summed E-state index contributed by atoms with van der Waals surface area (Å²) >= 11 is 5.92. The van der Waals surface area contributed by atoms with Crippen LogP contribution < -0.4 is 10.5 Å². The highest BCUT2D eigenvalue weighted by molar-refractivity contribution is 6.30. The number of amides is 2. The number of aryl methyl sites for hydroxylation is 1. The van der Waals surface area contributed by atoms with Crippen molar-refractivity contribution in [2.45, 2.75) is 32.7 Å². The zero-order chi connectivity index (χ0) is 28.1. The number of primary amides is 1. The molecule has 3 aromatic carbocycles. The highest BCUT2D eigenvalue weighted by Gasteiger charge is 2.23. The number of likely N-dealkylation sites (tertiary alicyclic amines) is 1. The van der Waals surface area contributed by atoms with Gasteiger partial charge in [0.2, 0.25) is 5.91 Å². The molecule has 1 aromatic heterocycles. The van der Waals surface area contributed by atoms with E-state index in [1.54, 1.807) is 18.2 Å². The van der Waals surface area contributed by atoms with Gasteiger partial charge in [0.1, 0.15) is 11.5 Å². The van der Waals surface area contributed by atoms with E-state index in [9.17, 15) is 9.59 Å². The van der Waals surface area contributed by atoms with Crippen molar-refractivity contribution in [1.82, 2.24) is 14.7 Å². The largest absolute Gasteiger partial charge is 0.457 e. The van der Waals surface area contributed by atoms with Gasteiger partial charge in [0, 0.05) is 47.4 Å². The van der Waals surface area contributed by atoms with Gasteiger partial charge in [0.05, 0.1) is 18.7 Å². The molecule has 1 saturated heterocycles. The topological polar surface area (TPSA) is 99.7 Å². The predicted molar refractivity (Wildman–Crippen MR) is 155 cm³/mol. The van der Waals surface area contributed by atoms with Crippen LogP contribution in [0.2, 0.25) is 5.02 Å². The van der Waals surface area contributed by atoms with E-state index in [1.165, 1.54) is 0 Å². The maximum Gasteiger partial charge on any atom is 0.253 e. The van der Waals surface area contributed by atoms with Crippen LogP contribution in [0.3, 0.4) is 0 Å². The number of piperidine rings is 1. The summed E-state index contributed by atoms with van der Waals surface area (Å²) in [6.07, 6.45) is 4.85. The number of fused-ring (bicyclic) bond motifs is 1. The molecule has 2 amide bonds. The summed E-state index contributed by atoms with van der Waals surface area (Å²) < 4.78 is 13.6. The first-order valence-electron chi connectivity index (χ1n) is 13.5. The van der Waals surface area contributed by atoms with Gasteiger partial charge in [-0.15, -0.1) is 0 Å². The molecule has 0 unspecified atom stereocenters. The fourth-order valence-corrected chi connectivity index (χ4v) is 5.21. The Morgan fingerprint density at radius 2 is 1.65 bits per heavy atom. The molecule has 0 aliphatic carbocycles. The van der Waals surface area contributed by atoms with E-state index in [0.717, 1.165) is 48.8 Å². The first-order chi connectivity index (χ1) is 19.4. The van der Waals surface area contributed by atoms with Crippen LogP contribution in [0.25, 0.3) is 10.9 Å². The molecular formula is C31H33ClN4O4. The number of nitrogens with zero attached hydrogens (tertiary/aromatic N) is 3. The lowest BCUT2D eigenvalue weighted by Gasteiger charge is -2.32. The summed E-state index contributed by atoms with van der Waals surface area (Å²) in [5.74, 6) is 1.53. The molecule has 0 saturated carbocycles. The van der Waals surface area contributed by atoms with Gasteiger partial charge < -0.3 is 20.1 Å². The number of benzene rings is 3. The average Bonchev–Trinajstić information content (AvgIpc) is 3.38. The number of halogens is 1. The molecule has 2 N–H and O–H groups in total. The maximum absolute atomic E-state index is 13.0. The Morgan fingerprint density at radius 3 is 2.33 bits per heavy atom.